The van der Waals surface area contributed by atoms with Crippen molar-refractivity contribution < 1.29 is 14.3 Å². The number of nitrogens with one attached hydrogen (secondary N) is 4. The third-order valence-electron chi connectivity index (χ3n) is 3.42. The quantitative estimate of drug-likeness (QED) is 0.320. The molecule has 1 amide bonds. The van der Waals surface area contributed by atoms with Gasteiger partial charge in [-0.2, -0.15) is 5.10 Å². The predicted octanol–water partition coefficient (Wildman–Crippen LogP) is 1.11. The Balaban J connectivity index is 1.99. The van der Waals surface area contributed by atoms with E-state index in [1.54, 1.807) is 12.1 Å². The summed E-state index contributed by atoms with van der Waals surface area (Å²) in [5.74, 6) is 0.521. The molecule has 0 spiro atoms. The second-order valence-corrected chi connectivity index (χ2v) is 6.88. The smallest absolute Gasteiger partial charge is 0.342 e. The summed E-state index contributed by atoms with van der Waals surface area (Å²) in [6, 6.07) is 3.33. The number of hydrazone groups is 1. The maximum atomic E-state index is 11.9. The van der Waals surface area contributed by atoms with Crippen LogP contribution in [-0.4, -0.2) is 47.1 Å². The zero-order valence-corrected chi connectivity index (χ0v) is 17.5. The fourth-order valence-corrected chi connectivity index (χ4v) is 2.44. The molecule has 1 aromatic carbocycles. The summed E-state index contributed by atoms with van der Waals surface area (Å²) in [7, 11) is 0. The van der Waals surface area contributed by atoms with E-state index in [9.17, 15) is 14.4 Å². The van der Waals surface area contributed by atoms with Gasteiger partial charge in [0.25, 0.3) is 11.5 Å². The molecule has 2 rings (SSSR count). The highest BCUT2D eigenvalue weighted by Gasteiger charge is 2.13. The molecule has 0 unspecified atom stereocenters. The zero-order chi connectivity index (χ0) is 22.1. The Hall–Kier alpha value is -3.34. The van der Waals surface area contributed by atoms with E-state index in [2.05, 4.69) is 26.0 Å². The van der Waals surface area contributed by atoms with Gasteiger partial charge in [-0.05, 0) is 30.5 Å². The van der Waals surface area contributed by atoms with E-state index >= 15 is 0 Å². The summed E-state index contributed by atoms with van der Waals surface area (Å²) < 4.78 is 11.3. The molecule has 0 saturated carbocycles. The average molecular weight is 439 g/mol. The van der Waals surface area contributed by atoms with E-state index in [1.165, 1.54) is 6.21 Å². The summed E-state index contributed by atoms with van der Waals surface area (Å²) in [5, 5.41) is 12.2. The lowest BCUT2D eigenvalue weighted by Crippen LogP contribution is -2.31. The normalized spacial score (nSPS) is 11.0. The van der Waals surface area contributed by atoms with Gasteiger partial charge in [0.05, 0.1) is 31.0 Å². The predicted molar refractivity (Wildman–Crippen MR) is 113 cm³/mol. The molecule has 0 saturated heterocycles. The first-order valence-electron chi connectivity index (χ1n) is 9.14. The van der Waals surface area contributed by atoms with E-state index in [-0.39, 0.29) is 12.4 Å². The minimum absolute atomic E-state index is 0.196. The molecule has 30 heavy (non-hydrogen) atoms. The van der Waals surface area contributed by atoms with Gasteiger partial charge in [-0.1, -0.05) is 25.4 Å². The van der Waals surface area contributed by atoms with Gasteiger partial charge >= 0.3 is 5.69 Å². The number of carbonyl (C=O) groups is 1. The number of halogens is 1. The van der Waals surface area contributed by atoms with Crippen molar-refractivity contribution in [3.05, 3.63) is 43.6 Å². The Morgan fingerprint density at radius 2 is 2.10 bits per heavy atom. The molecule has 0 fully saturated rings. The van der Waals surface area contributed by atoms with Crippen LogP contribution in [0.3, 0.4) is 0 Å². The highest BCUT2D eigenvalue weighted by Crippen LogP contribution is 2.36. The van der Waals surface area contributed by atoms with Gasteiger partial charge in [0.1, 0.15) is 0 Å². The van der Waals surface area contributed by atoms with Crippen molar-refractivity contribution in [1.29, 1.82) is 0 Å². The highest BCUT2D eigenvalue weighted by atomic mass is 35.5. The third kappa shape index (κ3) is 6.92. The Labute approximate surface area is 176 Å². The number of benzene rings is 1. The first-order valence-corrected chi connectivity index (χ1v) is 9.51. The molecule has 0 bridgehead atoms. The summed E-state index contributed by atoms with van der Waals surface area (Å²) in [6.07, 6.45) is 1.39. The number of ether oxygens (including phenoxy) is 2. The van der Waals surface area contributed by atoms with Crippen LogP contribution in [-0.2, 0) is 4.79 Å². The van der Waals surface area contributed by atoms with E-state index in [0.29, 0.717) is 41.2 Å². The minimum Gasteiger partial charge on any atom is -0.490 e. The van der Waals surface area contributed by atoms with Crippen LogP contribution in [0.25, 0.3) is 0 Å². The molecular weight excluding hydrogens is 416 g/mol. The van der Waals surface area contributed by atoms with Gasteiger partial charge in [-0.25, -0.2) is 15.3 Å². The monoisotopic (exact) mass is 438 g/mol. The zero-order valence-electron chi connectivity index (χ0n) is 16.7. The van der Waals surface area contributed by atoms with Crippen molar-refractivity contribution in [2.75, 3.05) is 25.1 Å². The van der Waals surface area contributed by atoms with Crippen LogP contribution in [0.1, 0.15) is 26.3 Å². The third-order valence-corrected chi connectivity index (χ3v) is 3.70. The van der Waals surface area contributed by atoms with E-state index in [4.69, 9.17) is 21.1 Å². The molecule has 162 valence electrons. The van der Waals surface area contributed by atoms with Crippen LogP contribution in [0, 0.1) is 5.92 Å². The summed E-state index contributed by atoms with van der Waals surface area (Å²) >= 11 is 6.31. The molecule has 11 nitrogen and oxygen atoms in total. The molecular formula is C18H23ClN6O5. The molecule has 1 heterocycles. The average Bonchev–Trinajstić information content (AvgIpc) is 2.66. The second-order valence-electron chi connectivity index (χ2n) is 6.47. The van der Waals surface area contributed by atoms with Crippen molar-refractivity contribution in [3.63, 3.8) is 0 Å². The van der Waals surface area contributed by atoms with Gasteiger partial charge in [0.15, 0.2) is 11.5 Å². The number of hydrogen-bond acceptors (Lipinski definition) is 8. The lowest BCUT2D eigenvalue weighted by Gasteiger charge is -2.15. The molecule has 4 N–H and O–H groups in total. The molecule has 0 radical (unpaired) electrons. The number of carbonyl (C=O) groups excluding carboxylic acids is 1. The molecule has 0 aliphatic rings. The van der Waals surface area contributed by atoms with Crippen LogP contribution < -0.4 is 31.5 Å². The van der Waals surface area contributed by atoms with Crippen LogP contribution in [0.2, 0.25) is 5.02 Å². The fourth-order valence-electron chi connectivity index (χ4n) is 2.17. The number of aromatic amines is 2. The van der Waals surface area contributed by atoms with Gasteiger partial charge in [-0.3, -0.25) is 14.6 Å². The molecule has 0 aliphatic heterocycles. The van der Waals surface area contributed by atoms with Crippen molar-refractivity contribution in [3.8, 4) is 11.5 Å². The first-order chi connectivity index (χ1) is 14.3. The van der Waals surface area contributed by atoms with Crippen LogP contribution in [0.15, 0.2) is 26.8 Å². The number of aromatic nitrogens is 3. The van der Waals surface area contributed by atoms with Crippen molar-refractivity contribution >= 4 is 29.5 Å². The Bertz CT molecular complexity index is 1020. The largest absolute Gasteiger partial charge is 0.490 e. The van der Waals surface area contributed by atoms with Crippen LogP contribution in [0.4, 0.5) is 5.82 Å². The molecule has 12 heteroatoms. The number of amides is 1. The van der Waals surface area contributed by atoms with Crippen LogP contribution >= 0.6 is 11.6 Å². The standard InChI is InChI=1S/C18H23ClN6O5/c1-4-29-13-6-11(5-12(19)15(13)30-9-10(2)3)7-21-23-14(26)8-20-16-17(27)22-18(28)25-24-16/h5-7,10H,4,8-9H2,1-3H3,(H,20,24)(H,23,26)(H2,22,25,27,28)/b21-7+. The van der Waals surface area contributed by atoms with Crippen molar-refractivity contribution in [2.24, 2.45) is 11.0 Å². The lowest BCUT2D eigenvalue weighted by molar-refractivity contribution is -0.119. The summed E-state index contributed by atoms with van der Waals surface area (Å²) in [5.41, 5.74) is 1.40. The van der Waals surface area contributed by atoms with Crippen molar-refractivity contribution in [2.45, 2.75) is 20.8 Å². The Morgan fingerprint density at radius 3 is 2.77 bits per heavy atom. The van der Waals surface area contributed by atoms with Gasteiger partial charge < -0.3 is 14.8 Å². The van der Waals surface area contributed by atoms with Gasteiger partial charge in [-0.15, -0.1) is 5.10 Å². The molecule has 2 aromatic rings. The van der Waals surface area contributed by atoms with E-state index in [1.807, 2.05) is 25.8 Å². The number of H-pyrrole nitrogens is 2. The number of nitrogens with zero attached hydrogens (tertiary/aromatic N) is 2. The highest BCUT2D eigenvalue weighted by molar-refractivity contribution is 6.32. The second kappa shape index (κ2) is 11.0. The number of hydrogen-bond donors (Lipinski definition) is 4. The van der Waals surface area contributed by atoms with Crippen LogP contribution in [0.5, 0.6) is 11.5 Å². The summed E-state index contributed by atoms with van der Waals surface area (Å²) in [4.78, 5) is 36.2. The maximum absolute atomic E-state index is 11.9. The molecule has 0 atom stereocenters. The maximum Gasteiger partial charge on any atom is 0.342 e. The molecule has 1 aromatic heterocycles. The van der Waals surface area contributed by atoms with Crippen molar-refractivity contribution in [1.82, 2.24) is 20.6 Å². The van der Waals surface area contributed by atoms with Gasteiger partial charge in [0.2, 0.25) is 5.82 Å². The first kappa shape index (κ1) is 22.9. The fraction of sp³-hybridized carbons (Fsp3) is 0.389. The lowest BCUT2D eigenvalue weighted by atomic mass is 10.2. The number of anilines is 1. The number of rotatable bonds is 10. The molecule has 0 aliphatic carbocycles. The van der Waals surface area contributed by atoms with Gasteiger partial charge in [0, 0.05) is 0 Å². The topological polar surface area (TPSA) is 151 Å². The van der Waals surface area contributed by atoms with E-state index in [0.717, 1.165) is 0 Å². The van der Waals surface area contributed by atoms with E-state index < -0.39 is 17.2 Å². The minimum atomic E-state index is -0.745. The Kier molecular flexibility index (Phi) is 8.41. The Morgan fingerprint density at radius 1 is 1.33 bits per heavy atom. The SMILES string of the molecule is CCOc1cc(/C=N/NC(=O)CNc2n[nH]c(=O)[nH]c2=O)cc(Cl)c1OCC(C)C. The summed E-state index contributed by atoms with van der Waals surface area (Å²) in [6.45, 7) is 6.52.